The third-order valence-corrected chi connectivity index (χ3v) is 1.61. The van der Waals surface area contributed by atoms with E-state index in [1.54, 1.807) is 0 Å². The van der Waals surface area contributed by atoms with Crippen LogP contribution in [0.25, 0.3) is 0 Å². The lowest BCUT2D eigenvalue weighted by Gasteiger charge is -2.25. The van der Waals surface area contributed by atoms with Gasteiger partial charge in [0.1, 0.15) is 6.10 Å². The summed E-state index contributed by atoms with van der Waals surface area (Å²) in [6.45, 7) is 7.63. The minimum absolute atomic E-state index is 0.229. The minimum Gasteiger partial charge on any atom is -0.465 e. The number of methoxy groups -OCH3 is 1. The Morgan fingerprint density at radius 1 is 1.38 bits per heavy atom. The van der Waals surface area contributed by atoms with E-state index in [2.05, 4.69) is 10.5 Å². The molecule has 0 aromatic heterocycles. The Kier molecular flexibility index (Phi) is 4.36. The molecule has 3 N–H and O–H groups in total. The number of carbonyl (C=O) groups excluding carboxylic acids is 1. The molecule has 4 heteroatoms. The van der Waals surface area contributed by atoms with Crippen LogP contribution in [-0.4, -0.2) is 30.8 Å². The molecule has 0 aromatic rings. The number of quaternary nitrogens is 1. The van der Waals surface area contributed by atoms with E-state index >= 15 is 0 Å². The molecule has 0 aromatic carbocycles. The number of esters is 1. The highest BCUT2D eigenvalue weighted by molar-refractivity contribution is 5.74. The zero-order valence-electron chi connectivity index (χ0n) is 9.09. The maximum Gasteiger partial charge on any atom is 0.367 e. The summed E-state index contributed by atoms with van der Waals surface area (Å²) in [5.41, 5.74) is 3.43. The van der Waals surface area contributed by atoms with Crippen molar-refractivity contribution in [1.82, 2.24) is 0 Å². The summed E-state index contributed by atoms with van der Waals surface area (Å²) in [7, 11) is 1.35. The molecule has 0 aliphatic rings. The van der Waals surface area contributed by atoms with Gasteiger partial charge in [-0.05, 0) is 27.7 Å². The summed E-state index contributed by atoms with van der Waals surface area (Å²) < 4.78 is 10.1. The molecular formula is C9H20NO3+. The lowest BCUT2D eigenvalue weighted by atomic mass is 10.1. The van der Waals surface area contributed by atoms with Crippen molar-refractivity contribution in [2.75, 3.05) is 7.11 Å². The van der Waals surface area contributed by atoms with Crippen LogP contribution < -0.4 is 5.73 Å². The lowest BCUT2D eigenvalue weighted by Crippen LogP contribution is -2.70. The van der Waals surface area contributed by atoms with E-state index < -0.39 is 6.04 Å². The molecule has 2 atom stereocenters. The average Bonchev–Trinajstić information content (AvgIpc) is 1.98. The Labute approximate surface area is 79.4 Å². The van der Waals surface area contributed by atoms with Crippen molar-refractivity contribution in [3.63, 3.8) is 0 Å². The molecule has 0 fully saturated rings. The molecule has 0 aliphatic heterocycles. The van der Waals surface area contributed by atoms with Gasteiger partial charge in [0.05, 0.1) is 12.7 Å². The second kappa shape index (κ2) is 4.58. The molecule has 0 rings (SSSR count). The van der Waals surface area contributed by atoms with Crippen molar-refractivity contribution in [3.8, 4) is 0 Å². The normalized spacial score (nSPS) is 16.5. The molecule has 0 saturated heterocycles. The van der Waals surface area contributed by atoms with Crippen LogP contribution >= 0.6 is 0 Å². The van der Waals surface area contributed by atoms with Gasteiger partial charge in [-0.3, -0.25) is 0 Å². The van der Waals surface area contributed by atoms with Gasteiger partial charge in [-0.1, -0.05) is 0 Å². The maximum atomic E-state index is 11.1. The largest absolute Gasteiger partial charge is 0.465 e. The van der Waals surface area contributed by atoms with E-state index in [-0.39, 0.29) is 17.7 Å². The molecular weight excluding hydrogens is 170 g/mol. The van der Waals surface area contributed by atoms with E-state index in [0.29, 0.717) is 0 Å². The highest BCUT2D eigenvalue weighted by Gasteiger charge is 2.29. The van der Waals surface area contributed by atoms with E-state index in [1.807, 2.05) is 27.7 Å². The second-order valence-electron chi connectivity index (χ2n) is 4.06. The van der Waals surface area contributed by atoms with E-state index in [1.165, 1.54) is 7.11 Å². The van der Waals surface area contributed by atoms with E-state index in [4.69, 9.17) is 4.74 Å². The van der Waals surface area contributed by atoms with Crippen molar-refractivity contribution in [2.45, 2.75) is 45.4 Å². The molecule has 78 valence electrons. The number of hydrogen-bond donors (Lipinski definition) is 1. The van der Waals surface area contributed by atoms with Gasteiger partial charge in [-0.2, -0.15) is 0 Å². The van der Waals surface area contributed by atoms with E-state index in [9.17, 15) is 4.79 Å². The van der Waals surface area contributed by atoms with Crippen LogP contribution in [0, 0.1) is 0 Å². The highest BCUT2D eigenvalue weighted by Crippen LogP contribution is 2.11. The van der Waals surface area contributed by atoms with Gasteiger partial charge in [0.2, 0.25) is 6.04 Å². The zero-order chi connectivity index (χ0) is 10.6. The highest BCUT2D eigenvalue weighted by atomic mass is 16.5. The Morgan fingerprint density at radius 3 is 2.15 bits per heavy atom. The fourth-order valence-electron chi connectivity index (χ4n) is 0.983. The Hall–Kier alpha value is -0.610. The summed E-state index contributed by atoms with van der Waals surface area (Å²) in [6, 6.07) is -0.468. The topological polar surface area (TPSA) is 63.2 Å². The van der Waals surface area contributed by atoms with Gasteiger partial charge < -0.3 is 15.2 Å². The van der Waals surface area contributed by atoms with Crippen LogP contribution in [0.4, 0.5) is 0 Å². The molecule has 0 radical (unpaired) electrons. The van der Waals surface area contributed by atoms with Crippen molar-refractivity contribution in [2.24, 2.45) is 0 Å². The smallest absolute Gasteiger partial charge is 0.367 e. The predicted octanol–water partition coefficient (Wildman–Crippen LogP) is -0.0265. The van der Waals surface area contributed by atoms with Crippen LogP contribution in [0.5, 0.6) is 0 Å². The van der Waals surface area contributed by atoms with Gasteiger partial charge in [0.25, 0.3) is 0 Å². The summed E-state index contributed by atoms with van der Waals surface area (Å²) in [4.78, 5) is 11.1. The third-order valence-electron chi connectivity index (χ3n) is 1.61. The van der Waals surface area contributed by atoms with Gasteiger partial charge in [0.15, 0.2) is 0 Å². The average molecular weight is 190 g/mol. The van der Waals surface area contributed by atoms with Crippen LogP contribution in [0.2, 0.25) is 0 Å². The van der Waals surface area contributed by atoms with Crippen LogP contribution in [-0.2, 0) is 14.3 Å². The standard InChI is InChI=1S/C9H19NO3/c1-6(13-9(2,3)4)7(10)8(11)12-5/h6-7H,10H2,1-5H3/p+1/t6-,7+/m0/s1. The number of rotatable bonds is 3. The molecule has 0 aliphatic carbocycles. The molecule has 0 bridgehead atoms. The zero-order valence-corrected chi connectivity index (χ0v) is 9.09. The first-order valence-corrected chi connectivity index (χ1v) is 4.36. The maximum absolute atomic E-state index is 11.1. The number of ether oxygens (including phenoxy) is 2. The Morgan fingerprint density at radius 2 is 1.85 bits per heavy atom. The molecule has 0 spiro atoms. The second-order valence-corrected chi connectivity index (χ2v) is 4.06. The molecule has 0 saturated carbocycles. The molecule has 0 unspecified atom stereocenters. The van der Waals surface area contributed by atoms with Crippen molar-refractivity contribution >= 4 is 5.97 Å². The van der Waals surface area contributed by atoms with Crippen LogP contribution in [0.3, 0.4) is 0 Å². The predicted molar refractivity (Wildman–Crippen MR) is 49.0 cm³/mol. The van der Waals surface area contributed by atoms with Crippen LogP contribution in [0.15, 0.2) is 0 Å². The summed E-state index contributed by atoms with van der Waals surface area (Å²) >= 11 is 0. The van der Waals surface area contributed by atoms with Gasteiger partial charge in [-0.25, -0.2) is 4.79 Å². The minimum atomic E-state index is -0.468. The first-order valence-electron chi connectivity index (χ1n) is 4.36. The third kappa shape index (κ3) is 4.85. The monoisotopic (exact) mass is 190 g/mol. The molecule has 4 nitrogen and oxygen atoms in total. The van der Waals surface area contributed by atoms with Crippen molar-refractivity contribution in [3.05, 3.63) is 0 Å². The molecule has 13 heavy (non-hydrogen) atoms. The number of hydrogen-bond acceptors (Lipinski definition) is 3. The molecule has 0 heterocycles. The van der Waals surface area contributed by atoms with Crippen LogP contribution in [0.1, 0.15) is 27.7 Å². The summed E-state index contributed by atoms with van der Waals surface area (Å²) in [5, 5.41) is 0. The Bertz CT molecular complexity index is 174. The van der Waals surface area contributed by atoms with Crippen molar-refractivity contribution < 1.29 is 20.0 Å². The SMILES string of the molecule is COC(=O)[C@H]([NH3+])[C@H](C)OC(C)(C)C. The van der Waals surface area contributed by atoms with E-state index in [0.717, 1.165) is 0 Å². The van der Waals surface area contributed by atoms with Crippen molar-refractivity contribution in [1.29, 1.82) is 0 Å². The summed E-state index contributed by atoms with van der Waals surface area (Å²) in [5.74, 6) is -0.336. The molecule has 0 amide bonds. The van der Waals surface area contributed by atoms with Gasteiger partial charge in [-0.15, -0.1) is 0 Å². The van der Waals surface area contributed by atoms with Gasteiger partial charge >= 0.3 is 5.97 Å². The first-order chi connectivity index (χ1) is 5.78. The first kappa shape index (κ1) is 12.4. The lowest BCUT2D eigenvalue weighted by molar-refractivity contribution is -0.429. The fourth-order valence-corrected chi connectivity index (χ4v) is 0.983. The van der Waals surface area contributed by atoms with Gasteiger partial charge in [0, 0.05) is 0 Å². The quantitative estimate of drug-likeness (QED) is 0.636. The number of carbonyl (C=O) groups is 1. The fraction of sp³-hybridized carbons (Fsp3) is 0.889. The summed E-state index contributed by atoms with van der Waals surface area (Å²) in [6.07, 6.45) is -0.229. The Balaban J connectivity index is 4.11.